The average Bonchev–Trinajstić information content (AvgIpc) is 3.01. The average molecular weight is 325 g/mol. The monoisotopic (exact) mass is 325 g/mol. The number of fused-ring (bicyclic) bond motifs is 1. The summed E-state index contributed by atoms with van der Waals surface area (Å²) in [6, 6.07) is 9.38. The largest absolute Gasteiger partial charge is 0.461 e. The van der Waals surface area contributed by atoms with Gasteiger partial charge in [0.2, 0.25) is 0 Å². The lowest BCUT2D eigenvalue weighted by Gasteiger charge is -2.17. The summed E-state index contributed by atoms with van der Waals surface area (Å²) in [6.45, 7) is 0. The molecule has 0 aliphatic rings. The first-order valence-corrected chi connectivity index (χ1v) is 6.67. The molecule has 3 aromatic rings. The Hall–Kier alpha value is -2.64. The van der Waals surface area contributed by atoms with Gasteiger partial charge in [0.15, 0.2) is 5.75 Å². The minimum atomic E-state index is -4.60. The van der Waals surface area contributed by atoms with E-state index in [-0.39, 0.29) is 5.52 Å². The maximum absolute atomic E-state index is 13.1. The van der Waals surface area contributed by atoms with Crippen molar-refractivity contribution >= 4 is 10.9 Å². The van der Waals surface area contributed by atoms with Gasteiger partial charge in [-0.2, -0.15) is 22.7 Å². The quantitative estimate of drug-likeness (QED) is 0.726. The molecule has 0 unspecified atom stereocenters. The van der Waals surface area contributed by atoms with Crippen LogP contribution < -0.4 is 4.74 Å². The zero-order valence-electron chi connectivity index (χ0n) is 11.6. The number of nitrogens with one attached hydrogen (secondary N) is 1. The Morgan fingerprint density at radius 2 is 1.91 bits per heavy atom. The van der Waals surface area contributed by atoms with Crippen LogP contribution in [0, 0.1) is 0 Å². The number of rotatable bonds is 5. The van der Waals surface area contributed by atoms with Gasteiger partial charge in [-0.3, -0.25) is 10.1 Å². The van der Waals surface area contributed by atoms with Crippen LogP contribution in [0.3, 0.4) is 0 Å². The number of nitrogens with zero attached hydrogens (tertiary/aromatic N) is 2. The third kappa shape index (κ3) is 3.10. The Bertz CT molecular complexity index is 805. The van der Waals surface area contributed by atoms with Crippen LogP contribution >= 0.6 is 0 Å². The number of ether oxygens (including phenoxy) is 1. The third-order valence-electron chi connectivity index (χ3n) is 3.24. The highest BCUT2D eigenvalue weighted by Crippen LogP contribution is 2.32. The fraction of sp³-hybridized carbons (Fsp3) is 0.200. The van der Waals surface area contributed by atoms with E-state index in [1.54, 1.807) is 0 Å². The molecule has 23 heavy (non-hydrogen) atoms. The molecular formula is C15H11F4N3O. The number of benzene rings is 1. The minimum Gasteiger partial charge on any atom is -0.424 e. The third-order valence-corrected chi connectivity index (χ3v) is 3.24. The molecule has 0 spiro atoms. The molecule has 0 aliphatic heterocycles. The summed E-state index contributed by atoms with van der Waals surface area (Å²) in [5.74, 6) is -0.497. The highest BCUT2D eigenvalue weighted by Gasteiger charge is 2.44. The van der Waals surface area contributed by atoms with E-state index in [4.69, 9.17) is 0 Å². The van der Waals surface area contributed by atoms with Crippen molar-refractivity contribution in [1.29, 1.82) is 0 Å². The Kier molecular flexibility index (Phi) is 3.89. The van der Waals surface area contributed by atoms with E-state index in [1.807, 2.05) is 30.3 Å². The normalized spacial score (nSPS) is 12.0. The van der Waals surface area contributed by atoms with Gasteiger partial charge in [0.05, 0.1) is 11.9 Å². The predicted molar refractivity (Wildman–Crippen MR) is 74.7 cm³/mol. The predicted octanol–water partition coefficient (Wildman–Crippen LogP) is 3.79. The molecule has 0 saturated carbocycles. The summed E-state index contributed by atoms with van der Waals surface area (Å²) < 4.78 is 54.8. The number of hydrogen-bond acceptors (Lipinski definition) is 3. The van der Waals surface area contributed by atoms with Gasteiger partial charge in [-0.05, 0) is 5.56 Å². The van der Waals surface area contributed by atoms with E-state index in [1.165, 1.54) is 6.20 Å². The fourth-order valence-corrected chi connectivity index (χ4v) is 2.16. The second kappa shape index (κ2) is 5.86. The molecule has 1 N–H and O–H groups in total. The Labute approximate surface area is 128 Å². The molecule has 120 valence electrons. The number of alkyl halides is 4. The van der Waals surface area contributed by atoms with Crippen molar-refractivity contribution in [1.82, 2.24) is 15.2 Å². The lowest BCUT2D eigenvalue weighted by atomic mass is 10.1. The fourth-order valence-electron chi connectivity index (χ4n) is 2.16. The van der Waals surface area contributed by atoms with Crippen LogP contribution in [0.2, 0.25) is 0 Å². The molecule has 2 aromatic heterocycles. The van der Waals surface area contributed by atoms with Crippen LogP contribution in [0.1, 0.15) is 11.3 Å². The second-order valence-electron chi connectivity index (χ2n) is 4.84. The summed E-state index contributed by atoms with van der Waals surface area (Å²) in [6.07, 6.45) is -5.65. The summed E-state index contributed by atoms with van der Waals surface area (Å²) >= 11 is 0. The van der Waals surface area contributed by atoms with Gasteiger partial charge < -0.3 is 4.74 Å². The number of halogens is 4. The number of hydrogen-bond donors (Lipinski definition) is 1. The molecule has 1 aromatic carbocycles. The van der Waals surface area contributed by atoms with Gasteiger partial charge in [0.25, 0.3) is 0 Å². The van der Waals surface area contributed by atoms with Crippen molar-refractivity contribution in [3.05, 3.63) is 54.0 Å². The molecule has 0 saturated heterocycles. The number of aromatic nitrogens is 3. The van der Waals surface area contributed by atoms with E-state index < -0.39 is 18.3 Å². The van der Waals surface area contributed by atoms with Crippen LogP contribution in [0.5, 0.6) is 5.75 Å². The van der Waals surface area contributed by atoms with Crippen LogP contribution in [0.4, 0.5) is 17.6 Å². The Balaban J connectivity index is 1.96. The zero-order chi connectivity index (χ0) is 16.4. The standard InChI is InChI=1S/C15H11F4N3O/c16-14(17)15(18,19)23-12-8-20-11(10-7-21-22-13(10)12)6-9-4-2-1-3-5-9/h1-5,7-8,14H,6H2,(H,21,22). The maximum atomic E-state index is 13.1. The van der Waals surface area contributed by atoms with E-state index in [0.717, 1.165) is 11.8 Å². The molecule has 0 fully saturated rings. The molecule has 0 radical (unpaired) electrons. The number of H-pyrrole nitrogens is 1. The van der Waals surface area contributed by atoms with Crippen molar-refractivity contribution in [3.8, 4) is 5.75 Å². The summed E-state index contributed by atoms with van der Waals surface area (Å²) in [5, 5.41) is 6.75. The Morgan fingerprint density at radius 3 is 2.61 bits per heavy atom. The summed E-state index contributed by atoms with van der Waals surface area (Å²) in [4.78, 5) is 4.05. The molecule has 2 heterocycles. The molecule has 0 aliphatic carbocycles. The van der Waals surface area contributed by atoms with E-state index >= 15 is 0 Å². The second-order valence-corrected chi connectivity index (χ2v) is 4.84. The molecule has 8 heteroatoms. The molecule has 0 atom stereocenters. The van der Waals surface area contributed by atoms with Crippen LogP contribution in [-0.4, -0.2) is 27.7 Å². The van der Waals surface area contributed by atoms with E-state index in [0.29, 0.717) is 17.5 Å². The van der Waals surface area contributed by atoms with Crippen LogP contribution in [0.15, 0.2) is 42.7 Å². The number of pyridine rings is 1. The highest BCUT2D eigenvalue weighted by atomic mass is 19.3. The minimum absolute atomic E-state index is 0.0336. The number of aromatic amines is 1. The van der Waals surface area contributed by atoms with Gasteiger partial charge in [-0.1, -0.05) is 30.3 Å². The van der Waals surface area contributed by atoms with Gasteiger partial charge in [-0.25, -0.2) is 0 Å². The van der Waals surface area contributed by atoms with Crippen LogP contribution in [-0.2, 0) is 6.42 Å². The summed E-state index contributed by atoms with van der Waals surface area (Å²) in [5.41, 5.74) is 1.58. The van der Waals surface area contributed by atoms with E-state index in [2.05, 4.69) is 19.9 Å². The highest BCUT2D eigenvalue weighted by molar-refractivity contribution is 5.85. The van der Waals surface area contributed by atoms with Gasteiger partial charge in [0.1, 0.15) is 5.52 Å². The van der Waals surface area contributed by atoms with Crippen molar-refractivity contribution in [2.75, 3.05) is 0 Å². The van der Waals surface area contributed by atoms with Gasteiger partial charge >= 0.3 is 12.5 Å². The molecule has 4 nitrogen and oxygen atoms in total. The maximum Gasteiger partial charge on any atom is 0.461 e. The Morgan fingerprint density at radius 1 is 1.17 bits per heavy atom. The molecular weight excluding hydrogens is 314 g/mol. The topological polar surface area (TPSA) is 50.8 Å². The van der Waals surface area contributed by atoms with Gasteiger partial charge in [-0.15, -0.1) is 0 Å². The molecule has 3 rings (SSSR count). The smallest absolute Gasteiger partial charge is 0.424 e. The first-order valence-electron chi connectivity index (χ1n) is 6.67. The molecule has 0 amide bonds. The van der Waals surface area contributed by atoms with Crippen molar-refractivity contribution in [2.24, 2.45) is 0 Å². The van der Waals surface area contributed by atoms with Crippen molar-refractivity contribution in [3.63, 3.8) is 0 Å². The van der Waals surface area contributed by atoms with Crippen molar-refractivity contribution < 1.29 is 22.3 Å². The lowest BCUT2D eigenvalue weighted by molar-refractivity contribution is -0.252. The molecule has 0 bridgehead atoms. The van der Waals surface area contributed by atoms with E-state index in [9.17, 15) is 17.6 Å². The van der Waals surface area contributed by atoms with Crippen molar-refractivity contribution in [2.45, 2.75) is 19.0 Å². The van der Waals surface area contributed by atoms with Gasteiger partial charge in [0, 0.05) is 18.0 Å². The van der Waals surface area contributed by atoms with Crippen LogP contribution in [0.25, 0.3) is 10.9 Å². The lowest BCUT2D eigenvalue weighted by Crippen LogP contribution is -2.33. The first-order chi connectivity index (χ1) is 11.0. The SMILES string of the molecule is FC(F)C(F)(F)Oc1cnc(Cc2ccccc2)c2c[nH]nc12. The first kappa shape index (κ1) is 15.3. The summed E-state index contributed by atoms with van der Waals surface area (Å²) in [7, 11) is 0. The zero-order valence-corrected chi connectivity index (χ0v) is 11.6.